The molecule has 2 atom stereocenters. The average molecular weight is 328 g/mol. The van der Waals surface area contributed by atoms with E-state index in [0.717, 1.165) is 25.1 Å². The number of nitro benzene ring substituents is 1. The monoisotopic (exact) mass is 327 g/mol. The number of rotatable bonds is 5. The van der Waals surface area contributed by atoms with Gasteiger partial charge in [0.1, 0.15) is 0 Å². The number of hydrogen-bond donors (Lipinski definition) is 2. The number of nitrogens with one attached hydrogen (secondary N) is 2. The first-order valence-corrected chi connectivity index (χ1v) is 7.29. The molecule has 6 nitrogen and oxygen atoms in total. The Balaban J connectivity index is 0.00000242. The van der Waals surface area contributed by atoms with Crippen LogP contribution < -0.4 is 10.6 Å². The fourth-order valence-electron chi connectivity index (χ4n) is 2.59. The van der Waals surface area contributed by atoms with Crippen molar-refractivity contribution in [3.63, 3.8) is 0 Å². The van der Waals surface area contributed by atoms with Gasteiger partial charge >= 0.3 is 0 Å². The number of piperidine rings is 1. The van der Waals surface area contributed by atoms with Crippen molar-refractivity contribution in [2.24, 2.45) is 5.92 Å². The van der Waals surface area contributed by atoms with E-state index in [4.69, 9.17) is 0 Å². The molecule has 0 spiro atoms. The Morgan fingerprint density at radius 3 is 2.95 bits per heavy atom. The molecule has 0 saturated carbocycles. The number of carbonyl (C=O) groups excluding carboxylic acids is 1. The number of benzene rings is 1. The minimum Gasteiger partial charge on any atom is -0.353 e. The smallest absolute Gasteiger partial charge is 0.269 e. The van der Waals surface area contributed by atoms with E-state index in [9.17, 15) is 14.9 Å². The molecular weight excluding hydrogens is 306 g/mol. The van der Waals surface area contributed by atoms with Crippen LogP contribution in [0.5, 0.6) is 0 Å². The average Bonchev–Trinajstić information content (AvgIpc) is 2.48. The Morgan fingerprint density at radius 2 is 2.27 bits per heavy atom. The van der Waals surface area contributed by atoms with Crippen LogP contribution in [-0.2, 0) is 11.2 Å². The van der Waals surface area contributed by atoms with Crippen LogP contribution in [0.4, 0.5) is 5.69 Å². The van der Waals surface area contributed by atoms with Crippen molar-refractivity contribution in [2.45, 2.75) is 32.2 Å². The van der Waals surface area contributed by atoms with Gasteiger partial charge in [-0.2, -0.15) is 0 Å². The number of amides is 1. The molecule has 1 heterocycles. The number of nitrogens with zero attached hydrogens (tertiary/aromatic N) is 1. The maximum Gasteiger partial charge on any atom is 0.269 e. The molecule has 0 bridgehead atoms. The number of halogens is 1. The fourth-order valence-corrected chi connectivity index (χ4v) is 2.59. The number of hydrogen-bond acceptors (Lipinski definition) is 4. The first-order valence-electron chi connectivity index (χ1n) is 7.29. The normalized spacial score (nSPS) is 20.8. The van der Waals surface area contributed by atoms with Crippen LogP contribution in [0.1, 0.15) is 25.3 Å². The summed E-state index contributed by atoms with van der Waals surface area (Å²) in [4.78, 5) is 22.3. The molecule has 122 valence electrons. The molecule has 0 radical (unpaired) electrons. The number of carbonyl (C=O) groups is 1. The number of non-ortho nitro benzene ring substituents is 1. The van der Waals surface area contributed by atoms with Gasteiger partial charge < -0.3 is 10.6 Å². The topological polar surface area (TPSA) is 84.3 Å². The summed E-state index contributed by atoms with van der Waals surface area (Å²) in [5.41, 5.74) is 0.887. The zero-order chi connectivity index (χ0) is 15.2. The molecule has 1 aliphatic rings. The van der Waals surface area contributed by atoms with Gasteiger partial charge in [0.05, 0.1) is 4.92 Å². The second kappa shape index (κ2) is 8.70. The molecule has 1 aliphatic heterocycles. The first-order chi connectivity index (χ1) is 10.1. The second-order valence-electron chi connectivity index (χ2n) is 5.57. The van der Waals surface area contributed by atoms with Gasteiger partial charge in [-0.25, -0.2) is 0 Å². The lowest BCUT2D eigenvalue weighted by Gasteiger charge is -2.30. The second-order valence-corrected chi connectivity index (χ2v) is 5.57. The first kappa shape index (κ1) is 18.4. The lowest BCUT2D eigenvalue weighted by Crippen LogP contribution is -2.48. The molecule has 1 saturated heterocycles. The van der Waals surface area contributed by atoms with Crippen molar-refractivity contribution >= 4 is 24.0 Å². The Bertz CT molecular complexity index is 525. The van der Waals surface area contributed by atoms with Crippen LogP contribution in [0.25, 0.3) is 0 Å². The molecule has 2 rings (SSSR count). The molecule has 0 aliphatic carbocycles. The van der Waals surface area contributed by atoms with Gasteiger partial charge in [0, 0.05) is 24.6 Å². The SMILES string of the molecule is CC1CNCCC1NC(=O)CCc1cccc([N+](=O)[O-])c1.Cl. The van der Waals surface area contributed by atoms with E-state index in [2.05, 4.69) is 17.6 Å². The van der Waals surface area contributed by atoms with Crippen molar-refractivity contribution < 1.29 is 9.72 Å². The van der Waals surface area contributed by atoms with E-state index in [0.29, 0.717) is 18.8 Å². The molecule has 22 heavy (non-hydrogen) atoms. The quantitative estimate of drug-likeness (QED) is 0.640. The van der Waals surface area contributed by atoms with Crippen LogP contribution in [0.15, 0.2) is 24.3 Å². The Kier molecular flexibility index (Phi) is 7.27. The standard InChI is InChI=1S/C15H21N3O3.ClH/c1-11-10-16-8-7-14(11)17-15(19)6-5-12-3-2-4-13(9-12)18(20)21;/h2-4,9,11,14,16H,5-8,10H2,1H3,(H,17,19);1H. The summed E-state index contributed by atoms with van der Waals surface area (Å²) in [5, 5.41) is 17.1. The predicted molar refractivity (Wildman–Crippen MR) is 87.2 cm³/mol. The summed E-state index contributed by atoms with van der Waals surface area (Å²) in [6.45, 7) is 3.98. The highest BCUT2D eigenvalue weighted by Crippen LogP contribution is 2.15. The summed E-state index contributed by atoms with van der Waals surface area (Å²) >= 11 is 0. The van der Waals surface area contributed by atoms with E-state index >= 15 is 0 Å². The van der Waals surface area contributed by atoms with E-state index in [1.165, 1.54) is 12.1 Å². The van der Waals surface area contributed by atoms with E-state index < -0.39 is 4.92 Å². The molecule has 1 fully saturated rings. The van der Waals surface area contributed by atoms with E-state index in [1.807, 2.05) is 6.07 Å². The molecule has 1 aromatic rings. The maximum absolute atomic E-state index is 12.0. The van der Waals surface area contributed by atoms with Gasteiger partial charge in [0.15, 0.2) is 0 Å². The summed E-state index contributed by atoms with van der Waals surface area (Å²) < 4.78 is 0. The van der Waals surface area contributed by atoms with Crippen molar-refractivity contribution in [2.75, 3.05) is 13.1 Å². The fraction of sp³-hybridized carbons (Fsp3) is 0.533. The van der Waals surface area contributed by atoms with Crippen LogP contribution in [0.2, 0.25) is 0 Å². The molecule has 1 amide bonds. The Labute approximate surface area is 136 Å². The van der Waals surface area contributed by atoms with E-state index in [1.54, 1.807) is 6.07 Å². The molecule has 7 heteroatoms. The molecule has 1 aromatic carbocycles. The van der Waals surface area contributed by atoms with Gasteiger partial charge in [-0.15, -0.1) is 12.4 Å². The number of aryl methyl sites for hydroxylation is 1. The third kappa shape index (κ3) is 5.27. The summed E-state index contributed by atoms with van der Waals surface area (Å²) in [7, 11) is 0. The zero-order valence-corrected chi connectivity index (χ0v) is 13.4. The van der Waals surface area contributed by atoms with E-state index in [-0.39, 0.29) is 30.0 Å². The van der Waals surface area contributed by atoms with Crippen molar-refractivity contribution in [1.29, 1.82) is 0 Å². The van der Waals surface area contributed by atoms with Gasteiger partial charge in [0.25, 0.3) is 5.69 Å². The van der Waals surface area contributed by atoms with Crippen molar-refractivity contribution in [3.8, 4) is 0 Å². The van der Waals surface area contributed by atoms with Gasteiger partial charge in [0.2, 0.25) is 5.91 Å². The van der Waals surface area contributed by atoms with Crippen LogP contribution in [0, 0.1) is 16.0 Å². The summed E-state index contributed by atoms with van der Waals surface area (Å²) in [6, 6.07) is 6.68. The molecule has 2 unspecified atom stereocenters. The third-order valence-corrected chi connectivity index (χ3v) is 3.89. The summed E-state index contributed by atoms with van der Waals surface area (Å²) in [5.74, 6) is 0.445. The molecule has 2 N–H and O–H groups in total. The predicted octanol–water partition coefficient (Wildman–Crippen LogP) is 2.06. The zero-order valence-electron chi connectivity index (χ0n) is 12.6. The van der Waals surface area contributed by atoms with Gasteiger partial charge in [-0.1, -0.05) is 19.1 Å². The van der Waals surface area contributed by atoms with Crippen molar-refractivity contribution in [1.82, 2.24) is 10.6 Å². The highest BCUT2D eigenvalue weighted by molar-refractivity contribution is 5.85. The highest BCUT2D eigenvalue weighted by Gasteiger charge is 2.22. The lowest BCUT2D eigenvalue weighted by atomic mass is 9.95. The van der Waals surface area contributed by atoms with Gasteiger partial charge in [-0.3, -0.25) is 14.9 Å². The lowest BCUT2D eigenvalue weighted by molar-refractivity contribution is -0.384. The highest BCUT2D eigenvalue weighted by atomic mass is 35.5. The minimum absolute atomic E-state index is 0. The minimum atomic E-state index is -0.416. The third-order valence-electron chi connectivity index (χ3n) is 3.89. The van der Waals surface area contributed by atoms with Crippen molar-refractivity contribution in [3.05, 3.63) is 39.9 Å². The van der Waals surface area contributed by atoms with Crippen LogP contribution in [-0.4, -0.2) is 30.0 Å². The molecule has 0 aromatic heterocycles. The van der Waals surface area contributed by atoms with Gasteiger partial charge in [-0.05, 0) is 37.4 Å². The molecular formula is C15H22ClN3O3. The Hall–Kier alpha value is -1.66. The number of nitro groups is 1. The maximum atomic E-state index is 12.0. The largest absolute Gasteiger partial charge is 0.353 e. The summed E-state index contributed by atoms with van der Waals surface area (Å²) in [6.07, 6.45) is 1.83. The van der Waals surface area contributed by atoms with Crippen LogP contribution in [0.3, 0.4) is 0 Å². The Morgan fingerprint density at radius 1 is 1.50 bits per heavy atom. The van der Waals surface area contributed by atoms with Crippen LogP contribution >= 0.6 is 12.4 Å².